The standard InChI is InChI=1S/C7H5BrO2/c8-6(5-9)4-7-2-1-3-10-7/h1-5H/b6-4-. The second-order valence-electron chi connectivity index (χ2n) is 1.66. The molecule has 0 aliphatic carbocycles. The van der Waals surface area contributed by atoms with Gasteiger partial charge in [0, 0.05) is 0 Å². The van der Waals surface area contributed by atoms with E-state index in [1.165, 1.54) is 0 Å². The van der Waals surface area contributed by atoms with E-state index in [-0.39, 0.29) is 0 Å². The van der Waals surface area contributed by atoms with Gasteiger partial charge in [0.1, 0.15) is 5.76 Å². The van der Waals surface area contributed by atoms with Gasteiger partial charge >= 0.3 is 0 Å². The molecule has 0 aliphatic rings. The third kappa shape index (κ3) is 1.84. The van der Waals surface area contributed by atoms with Gasteiger partial charge in [0.15, 0.2) is 6.29 Å². The van der Waals surface area contributed by atoms with Crippen molar-refractivity contribution >= 4 is 28.3 Å². The first-order valence-electron chi connectivity index (χ1n) is 2.69. The largest absolute Gasteiger partial charge is 0.465 e. The molecule has 0 unspecified atom stereocenters. The topological polar surface area (TPSA) is 30.2 Å². The molecule has 0 spiro atoms. The van der Waals surface area contributed by atoms with Gasteiger partial charge in [-0.05, 0) is 34.1 Å². The Kier molecular flexibility index (Phi) is 2.45. The predicted octanol–water partition coefficient (Wildman–Crippen LogP) is 2.21. The maximum absolute atomic E-state index is 10.1. The van der Waals surface area contributed by atoms with Gasteiger partial charge in [-0.25, -0.2) is 0 Å². The average molecular weight is 201 g/mol. The first kappa shape index (κ1) is 7.28. The molecule has 1 aromatic heterocycles. The van der Waals surface area contributed by atoms with Crippen LogP contribution in [0.2, 0.25) is 0 Å². The highest BCUT2D eigenvalue weighted by molar-refractivity contribution is 9.12. The number of hydrogen-bond donors (Lipinski definition) is 0. The Morgan fingerprint density at radius 3 is 3.00 bits per heavy atom. The van der Waals surface area contributed by atoms with Crippen molar-refractivity contribution in [3.05, 3.63) is 28.6 Å². The molecule has 0 bridgehead atoms. The quantitative estimate of drug-likeness (QED) is 0.542. The fourth-order valence-electron chi connectivity index (χ4n) is 0.543. The van der Waals surface area contributed by atoms with Crippen LogP contribution in [-0.2, 0) is 4.79 Å². The molecule has 0 amide bonds. The van der Waals surface area contributed by atoms with E-state index >= 15 is 0 Å². The summed E-state index contributed by atoms with van der Waals surface area (Å²) >= 11 is 3.03. The Morgan fingerprint density at radius 1 is 1.70 bits per heavy atom. The zero-order valence-electron chi connectivity index (χ0n) is 5.08. The monoisotopic (exact) mass is 200 g/mol. The summed E-state index contributed by atoms with van der Waals surface area (Å²) in [5, 5.41) is 0. The molecule has 52 valence electrons. The Bertz CT molecular complexity index is 236. The number of furan rings is 1. The smallest absolute Gasteiger partial charge is 0.157 e. The summed E-state index contributed by atoms with van der Waals surface area (Å²) in [6.07, 6.45) is 3.87. The van der Waals surface area contributed by atoms with E-state index in [4.69, 9.17) is 4.42 Å². The van der Waals surface area contributed by atoms with Crippen molar-refractivity contribution in [2.24, 2.45) is 0 Å². The van der Waals surface area contributed by atoms with Crippen molar-refractivity contribution in [3.8, 4) is 0 Å². The van der Waals surface area contributed by atoms with Crippen molar-refractivity contribution in [2.75, 3.05) is 0 Å². The lowest BCUT2D eigenvalue weighted by Gasteiger charge is -1.82. The minimum absolute atomic E-state index is 0.474. The van der Waals surface area contributed by atoms with Crippen LogP contribution in [0.5, 0.6) is 0 Å². The molecule has 0 saturated heterocycles. The maximum atomic E-state index is 10.1. The summed E-state index contributed by atoms with van der Waals surface area (Å²) in [7, 11) is 0. The summed E-state index contributed by atoms with van der Waals surface area (Å²) in [5.41, 5.74) is 0. The van der Waals surface area contributed by atoms with Crippen LogP contribution in [0.4, 0.5) is 0 Å². The van der Waals surface area contributed by atoms with E-state index < -0.39 is 0 Å². The van der Waals surface area contributed by atoms with Gasteiger partial charge in [0.2, 0.25) is 0 Å². The first-order valence-corrected chi connectivity index (χ1v) is 3.48. The maximum Gasteiger partial charge on any atom is 0.157 e. The second-order valence-corrected chi connectivity index (χ2v) is 2.58. The van der Waals surface area contributed by atoms with Gasteiger partial charge in [-0.15, -0.1) is 0 Å². The number of halogens is 1. The van der Waals surface area contributed by atoms with E-state index in [0.29, 0.717) is 16.5 Å². The van der Waals surface area contributed by atoms with Crippen LogP contribution in [0.3, 0.4) is 0 Å². The minimum atomic E-state index is 0.474. The zero-order valence-corrected chi connectivity index (χ0v) is 6.67. The normalized spacial score (nSPS) is 11.5. The molecule has 0 atom stereocenters. The molecule has 0 aromatic carbocycles. The average Bonchev–Trinajstić information content (AvgIpc) is 2.40. The lowest BCUT2D eigenvalue weighted by molar-refractivity contribution is -0.104. The van der Waals surface area contributed by atoms with Crippen LogP contribution in [0, 0.1) is 0 Å². The molecule has 0 saturated carbocycles. The third-order valence-corrected chi connectivity index (χ3v) is 1.35. The molecule has 10 heavy (non-hydrogen) atoms. The van der Waals surface area contributed by atoms with Crippen molar-refractivity contribution in [3.63, 3.8) is 0 Å². The van der Waals surface area contributed by atoms with Gasteiger partial charge < -0.3 is 4.42 Å². The molecular weight excluding hydrogens is 196 g/mol. The summed E-state index contributed by atoms with van der Waals surface area (Å²) in [4.78, 5) is 10.1. The highest BCUT2D eigenvalue weighted by Gasteiger charge is 1.90. The molecule has 1 rings (SSSR count). The number of rotatable bonds is 2. The van der Waals surface area contributed by atoms with E-state index in [9.17, 15) is 4.79 Å². The molecule has 0 fully saturated rings. The van der Waals surface area contributed by atoms with Gasteiger partial charge in [-0.3, -0.25) is 4.79 Å². The first-order chi connectivity index (χ1) is 4.83. The third-order valence-electron chi connectivity index (χ3n) is 0.936. The van der Waals surface area contributed by atoms with Gasteiger partial charge in [-0.2, -0.15) is 0 Å². The van der Waals surface area contributed by atoms with Crippen molar-refractivity contribution in [2.45, 2.75) is 0 Å². The number of allylic oxidation sites excluding steroid dienone is 1. The SMILES string of the molecule is O=C/C(Br)=C/c1ccco1. The van der Waals surface area contributed by atoms with Crippen LogP contribution in [0.15, 0.2) is 27.3 Å². The minimum Gasteiger partial charge on any atom is -0.465 e. The second kappa shape index (κ2) is 3.37. The zero-order chi connectivity index (χ0) is 7.40. The van der Waals surface area contributed by atoms with Gasteiger partial charge in [0.05, 0.1) is 10.7 Å². The highest BCUT2D eigenvalue weighted by atomic mass is 79.9. The molecule has 3 heteroatoms. The Labute approximate surface area is 66.7 Å². The number of carbonyl (C=O) groups is 1. The molecule has 1 aromatic rings. The Balaban J connectivity index is 2.80. The van der Waals surface area contributed by atoms with Crippen LogP contribution >= 0.6 is 15.9 Å². The van der Waals surface area contributed by atoms with Crippen molar-refractivity contribution in [1.29, 1.82) is 0 Å². The molecule has 0 radical (unpaired) electrons. The van der Waals surface area contributed by atoms with E-state index in [1.54, 1.807) is 24.5 Å². The van der Waals surface area contributed by atoms with Crippen LogP contribution in [-0.4, -0.2) is 6.29 Å². The number of carbonyl (C=O) groups excluding carboxylic acids is 1. The molecule has 0 N–H and O–H groups in total. The molecule has 0 aliphatic heterocycles. The fourth-order valence-corrected chi connectivity index (χ4v) is 0.769. The molecule has 1 heterocycles. The summed E-state index contributed by atoms with van der Waals surface area (Å²) < 4.78 is 5.42. The fraction of sp³-hybridized carbons (Fsp3) is 0. The highest BCUT2D eigenvalue weighted by Crippen LogP contribution is 2.09. The molecular formula is C7H5BrO2. The Hall–Kier alpha value is -0.830. The lowest BCUT2D eigenvalue weighted by Crippen LogP contribution is -1.69. The van der Waals surface area contributed by atoms with Crippen molar-refractivity contribution < 1.29 is 9.21 Å². The lowest BCUT2D eigenvalue weighted by atomic mass is 10.4. The molecule has 2 nitrogen and oxygen atoms in total. The summed E-state index contributed by atoms with van der Waals surface area (Å²) in [5.74, 6) is 0.666. The number of hydrogen-bond acceptors (Lipinski definition) is 2. The number of aldehydes is 1. The van der Waals surface area contributed by atoms with Gasteiger partial charge in [-0.1, -0.05) is 0 Å². The summed E-state index contributed by atoms with van der Waals surface area (Å²) in [6.45, 7) is 0. The Morgan fingerprint density at radius 2 is 2.50 bits per heavy atom. The van der Waals surface area contributed by atoms with Crippen LogP contribution in [0.1, 0.15) is 5.76 Å². The van der Waals surface area contributed by atoms with E-state index in [1.807, 2.05) is 0 Å². The predicted molar refractivity (Wildman–Crippen MR) is 41.7 cm³/mol. The van der Waals surface area contributed by atoms with E-state index in [2.05, 4.69) is 15.9 Å². The van der Waals surface area contributed by atoms with Crippen molar-refractivity contribution in [1.82, 2.24) is 0 Å². The van der Waals surface area contributed by atoms with Gasteiger partial charge in [0.25, 0.3) is 0 Å². The van der Waals surface area contributed by atoms with E-state index in [0.717, 1.165) is 0 Å². The van der Waals surface area contributed by atoms with Crippen LogP contribution in [0.25, 0.3) is 6.08 Å². The summed E-state index contributed by atoms with van der Waals surface area (Å²) in [6, 6.07) is 3.53. The van der Waals surface area contributed by atoms with Crippen LogP contribution < -0.4 is 0 Å².